The third-order valence-corrected chi connectivity index (χ3v) is 5.49. The van der Waals surface area contributed by atoms with Gasteiger partial charge < -0.3 is 10.3 Å². The van der Waals surface area contributed by atoms with Crippen molar-refractivity contribution < 1.29 is 14.4 Å². The van der Waals surface area contributed by atoms with Gasteiger partial charge in [-0.2, -0.15) is 0 Å². The average molecular weight is 396 g/mol. The van der Waals surface area contributed by atoms with Gasteiger partial charge in [-0.25, -0.2) is 4.79 Å². The van der Waals surface area contributed by atoms with Gasteiger partial charge >= 0.3 is 6.03 Å². The zero-order chi connectivity index (χ0) is 20.1. The molecule has 1 aromatic heterocycles. The first-order valence-electron chi connectivity index (χ1n) is 8.82. The van der Waals surface area contributed by atoms with Crippen molar-refractivity contribution in [3.05, 3.63) is 70.4 Å². The number of urea groups is 1. The standard InChI is InChI=1S/C21H18ClN3O3/c1-12-18(13-7-3-6-10-16(13)23-12)17(26)11-25-19(27)21(2,24-20(25)28)14-8-4-5-9-15(14)22/h3-10,23H,11H2,1-2H3,(H,24,28)/t21-/m1/s1. The molecule has 2 N–H and O–H groups in total. The number of H-pyrrole nitrogens is 1. The monoisotopic (exact) mass is 395 g/mol. The van der Waals surface area contributed by atoms with Gasteiger partial charge in [0.2, 0.25) is 0 Å². The number of nitrogens with zero attached hydrogens (tertiary/aromatic N) is 1. The molecular weight excluding hydrogens is 378 g/mol. The Labute approximate surface area is 166 Å². The van der Waals surface area contributed by atoms with Crippen LogP contribution in [0.25, 0.3) is 10.9 Å². The van der Waals surface area contributed by atoms with E-state index in [0.29, 0.717) is 21.8 Å². The number of amides is 3. The maximum Gasteiger partial charge on any atom is 0.325 e. The Morgan fingerprint density at radius 2 is 1.79 bits per heavy atom. The maximum absolute atomic E-state index is 13.1. The van der Waals surface area contributed by atoms with E-state index in [-0.39, 0.29) is 12.3 Å². The van der Waals surface area contributed by atoms with Crippen LogP contribution in [0.5, 0.6) is 0 Å². The number of benzene rings is 2. The summed E-state index contributed by atoms with van der Waals surface area (Å²) >= 11 is 6.23. The lowest BCUT2D eigenvalue weighted by Crippen LogP contribution is -2.41. The van der Waals surface area contributed by atoms with Crippen LogP contribution in [-0.2, 0) is 10.3 Å². The molecule has 1 saturated heterocycles. The van der Waals surface area contributed by atoms with Crippen LogP contribution in [-0.4, -0.2) is 34.2 Å². The number of para-hydroxylation sites is 1. The first-order chi connectivity index (χ1) is 13.3. The van der Waals surface area contributed by atoms with E-state index < -0.39 is 17.5 Å². The largest absolute Gasteiger partial charge is 0.358 e. The van der Waals surface area contributed by atoms with E-state index in [1.807, 2.05) is 24.3 Å². The lowest BCUT2D eigenvalue weighted by molar-refractivity contribution is -0.130. The number of ketones is 1. The molecule has 0 radical (unpaired) electrons. The van der Waals surface area contributed by atoms with E-state index in [1.54, 1.807) is 38.1 Å². The van der Waals surface area contributed by atoms with E-state index in [0.717, 1.165) is 15.8 Å². The van der Waals surface area contributed by atoms with Gasteiger partial charge in [-0.05, 0) is 26.0 Å². The van der Waals surface area contributed by atoms with Gasteiger partial charge in [-0.15, -0.1) is 0 Å². The Hall–Kier alpha value is -3.12. The molecule has 3 aromatic rings. The van der Waals surface area contributed by atoms with Gasteiger partial charge in [0.1, 0.15) is 5.54 Å². The van der Waals surface area contributed by atoms with Crippen molar-refractivity contribution in [2.24, 2.45) is 0 Å². The van der Waals surface area contributed by atoms with E-state index in [2.05, 4.69) is 10.3 Å². The molecule has 2 heterocycles. The number of fused-ring (bicyclic) bond motifs is 1. The van der Waals surface area contributed by atoms with Crippen LogP contribution in [0.2, 0.25) is 5.02 Å². The van der Waals surface area contributed by atoms with Crippen LogP contribution in [0, 0.1) is 6.92 Å². The third kappa shape index (κ3) is 2.68. The Morgan fingerprint density at radius 1 is 1.11 bits per heavy atom. The predicted molar refractivity (Wildman–Crippen MR) is 106 cm³/mol. The number of aromatic amines is 1. The van der Waals surface area contributed by atoms with Crippen LogP contribution in [0.15, 0.2) is 48.5 Å². The summed E-state index contributed by atoms with van der Waals surface area (Å²) in [6.07, 6.45) is 0. The first-order valence-corrected chi connectivity index (χ1v) is 9.20. The fourth-order valence-electron chi connectivity index (χ4n) is 3.75. The summed E-state index contributed by atoms with van der Waals surface area (Å²) in [5.41, 5.74) is 1.20. The smallest absolute Gasteiger partial charge is 0.325 e. The molecule has 1 aliphatic rings. The summed E-state index contributed by atoms with van der Waals surface area (Å²) in [4.78, 5) is 42.7. The minimum absolute atomic E-state index is 0.304. The van der Waals surface area contributed by atoms with Crippen molar-refractivity contribution in [3.63, 3.8) is 0 Å². The number of aromatic nitrogens is 1. The molecule has 2 aromatic carbocycles. The average Bonchev–Trinajstić information content (AvgIpc) is 3.10. The minimum Gasteiger partial charge on any atom is -0.358 e. The highest BCUT2D eigenvalue weighted by atomic mass is 35.5. The van der Waals surface area contributed by atoms with Gasteiger partial charge in [-0.3, -0.25) is 14.5 Å². The fraction of sp³-hybridized carbons (Fsp3) is 0.190. The summed E-state index contributed by atoms with van der Waals surface area (Å²) in [5, 5.41) is 3.83. The number of halogens is 1. The molecule has 3 amide bonds. The van der Waals surface area contributed by atoms with E-state index in [4.69, 9.17) is 11.6 Å². The molecule has 0 bridgehead atoms. The number of aryl methyl sites for hydroxylation is 1. The molecule has 142 valence electrons. The van der Waals surface area contributed by atoms with Gasteiger partial charge in [0.05, 0.1) is 6.54 Å². The quantitative estimate of drug-likeness (QED) is 0.521. The Morgan fingerprint density at radius 3 is 2.54 bits per heavy atom. The molecule has 0 unspecified atom stereocenters. The van der Waals surface area contributed by atoms with Crippen molar-refractivity contribution in [2.45, 2.75) is 19.4 Å². The number of Topliss-reactive ketones (excluding diaryl/α,β-unsaturated/α-hetero) is 1. The number of hydrogen-bond donors (Lipinski definition) is 2. The zero-order valence-electron chi connectivity index (χ0n) is 15.4. The Balaban J connectivity index is 1.66. The molecule has 6 nitrogen and oxygen atoms in total. The number of hydrogen-bond acceptors (Lipinski definition) is 3. The van der Waals surface area contributed by atoms with Crippen LogP contribution in [0.4, 0.5) is 4.79 Å². The molecule has 4 rings (SSSR count). The maximum atomic E-state index is 13.1. The molecule has 1 aliphatic heterocycles. The van der Waals surface area contributed by atoms with Gasteiger partial charge in [0.25, 0.3) is 5.91 Å². The number of carbonyl (C=O) groups excluding carboxylic acids is 3. The summed E-state index contributed by atoms with van der Waals surface area (Å²) in [6.45, 7) is 3.05. The number of rotatable bonds is 4. The highest BCUT2D eigenvalue weighted by Crippen LogP contribution is 2.33. The third-order valence-electron chi connectivity index (χ3n) is 5.16. The second-order valence-corrected chi connectivity index (χ2v) is 7.43. The molecule has 1 fully saturated rings. The van der Waals surface area contributed by atoms with Crippen LogP contribution in [0.3, 0.4) is 0 Å². The van der Waals surface area contributed by atoms with Gasteiger partial charge in [-0.1, -0.05) is 48.0 Å². The Kier molecular flexibility index (Phi) is 4.23. The van der Waals surface area contributed by atoms with Crippen molar-refractivity contribution in [2.75, 3.05) is 6.54 Å². The van der Waals surface area contributed by atoms with Crippen molar-refractivity contribution >= 4 is 40.2 Å². The second kappa shape index (κ2) is 6.49. The van der Waals surface area contributed by atoms with E-state index in [1.165, 1.54) is 0 Å². The number of imide groups is 1. The lowest BCUT2D eigenvalue weighted by Gasteiger charge is -2.23. The van der Waals surface area contributed by atoms with Crippen molar-refractivity contribution in [3.8, 4) is 0 Å². The normalized spacial score (nSPS) is 19.3. The van der Waals surface area contributed by atoms with E-state index >= 15 is 0 Å². The van der Waals surface area contributed by atoms with Crippen LogP contribution < -0.4 is 5.32 Å². The number of nitrogens with one attached hydrogen (secondary N) is 2. The summed E-state index contributed by atoms with van der Waals surface area (Å²) < 4.78 is 0. The molecule has 1 atom stereocenters. The first kappa shape index (κ1) is 18.3. The predicted octanol–water partition coefficient (Wildman–Crippen LogP) is 3.78. The molecular formula is C21H18ClN3O3. The molecule has 28 heavy (non-hydrogen) atoms. The van der Waals surface area contributed by atoms with E-state index in [9.17, 15) is 14.4 Å². The van der Waals surface area contributed by atoms with Crippen molar-refractivity contribution in [1.82, 2.24) is 15.2 Å². The zero-order valence-corrected chi connectivity index (χ0v) is 16.1. The molecule has 0 aliphatic carbocycles. The molecule has 7 heteroatoms. The minimum atomic E-state index is -1.31. The summed E-state index contributed by atoms with van der Waals surface area (Å²) in [5.74, 6) is -0.807. The van der Waals surface area contributed by atoms with Crippen molar-refractivity contribution in [1.29, 1.82) is 0 Å². The summed E-state index contributed by atoms with van der Waals surface area (Å²) in [7, 11) is 0. The fourth-order valence-corrected chi connectivity index (χ4v) is 4.07. The van der Waals surface area contributed by atoms with Gasteiger partial charge in [0.15, 0.2) is 5.78 Å². The molecule has 0 saturated carbocycles. The second-order valence-electron chi connectivity index (χ2n) is 7.02. The lowest BCUT2D eigenvalue weighted by atomic mass is 9.92. The topological polar surface area (TPSA) is 82.3 Å². The van der Waals surface area contributed by atoms with Crippen LogP contribution in [0.1, 0.15) is 28.5 Å². The van der Waals surface area contributed by atoms with Crippen LogP contribution >= 0.6 is 11.6 Å². The Bertz CT molecular complexity index is 1140. The summed E-state index contributed by atoms with van der Waals surface area (Å²) in [6, 6.07) is 13.7. The number of carbonyl (C=O) groups is 3. The molecule has 0 spiro atoms. The van der Waals surface area contributed by atoms with Gasteiger partial charge in [0, 0.05) is 32.7 Å². The highest BCUT2D eigenvalue weighted by molar-refractivity contribution is 6.32. The SMILES string of the molecule is Cc1[nH]c2ccccc2c1C(=O)CN1C(=O)N[C@](C)(c2ccccc2Cl)C1=O. The highest BCUT2D eigenvalue weighted by Gasteiger charge is 2.50.